The third-order valence-corrected chi connectivity index (χ3v) is 6.59. The van der Waals surface area contributed by atoms with E-state index in [1.807, 2.05) is 0 Å². The molecular formula is C23H47NO7S. The molecule has 8 nitrogen and oxygen atoms in total. The lowest BCUT2D eigenvalue weighted by Crippen LogP contribution is -2.31. The van der Waals surface area contributed by atoms with Gasteiger partial charge in [0.1, 0.15) is 0 Å². The van der Waals surface area contributed by atoms with Crippen LogP contribution in [-0.2, 0) is 19.7 Å². The van der Waals surface area contributed by atoms with Gasteiger partial charge in [0.05, 0.1) is 6.42 Å². The lowest BCUT2D eigenvalue weighted by molar-refractivity contribution is -0.143. The molecular weight excluding hydrogens is 434 g/mol. The molecule has 0 aliphatic rings. The van der Waals surface area contributed by atoms with Gasteiger partial charge in [0.2, 0.25) is 0 Å². The molecule has 0 heterocycles. The molecule has 0 aromatic carbocycles. The highest BCUT2D eigenvalue weighted by Gasteiger charge is 2.33. The SMILES string of the molecule is CCCCCCCCC(CCCCCCCC)N(C)C.O=C(O)CC(C(=O)O)S(=O)(=O)O. The first-order valence-corrected chi connectivity index (χ1v) is 13.5. The summed E-state index contributed by atoms with van der Waals surface area (Å²) in [6.45, 7) is 4.59. The van der Waals surface area contributed by atoms with E-state index in [2.05, 4.69) is 32.8 Å². The van der Waals surface area contributed by atoms with Gasteiger partial charge >= 0.3 is 11.9 Å². The summed E-state index contributed by atoms with van der Waals surface area (Å²) in [5, 5.41) is 13.9. The number of rotatable bonds is 19. The molecule has 0 fully saturated rings. The van der Waals surface area contributed by atoms with Crippen LogP contribution in [-0.4, -0.2) is 65.4 Å². The van der Waals surface area contributed by atoms with E-state index in [1.165, 1.54) is 89.9 Å². The van der Waals surface area contributed by atoms with Crippen molar-refractivity contribution in [2.45, 2.75) is 121 Å². The van der Waals surface area contributed by atoms with E-state index >= 15 is 0 Å². The fourth-order valence-electron chi connectivity index (χ4n) is 3.46. The molecule has 0 amide bonds. The summed E-state index contributed by atoms with van der Waals surface area (Å²) < 4.78 is 28.7. The molecule has 0 aliphatic heterocycles. The van der Waals surface area contributed by atoms with Crippen LogP contribution in [0.5, 0.6) is 0 Å². The molecule has 3 N–H and O–H groups in total. The average molecular weight is 482 g/mol. The van der Waals surface area contributed by atoms with Crippen molar-refractivity contribution in [2.24, 2.45) is 0 Å². The largest absolute Gasteiger partial charge is 0.481 e. The number of unbranched alkanes of at least 4 members (excludes halogenated alkanes) is 10. The molecule has 0 aliphatic carbocycles. The minimum atomic E-state index is -4.84. The average Bonchev–Trinajstić information content (AvgIpc) is 2.68. The second kappa shape index (κ2) is 20.4. The lowest BCUT2D eigenvalue weighted by Gasteiger charge is -2.24. The zero-order valence-corrected chi connectivity index (χ0v) is 21.4. The van der Waals surface area contributed by atoms with Gasteiger partial charge in [-0.2, -0.15) is 8.42 Å². The van der Waals surface area contributed by atoms with E-state index < -0.39 is 33.7 Å². The van der Waals surface area contributed by atoms with E-state index in [9.17, 15) is 18.0 Å². The van der Waals surface area contributed by atoms with Crippen LogP contribution in [0.1, 0.15) is 110 Å². The molecule has 0 radical (unpaired) electrons. The molecule has 192 valence electrons. The Balaban J connectivity index is 0. The van der Waals surface area contributed by atoms with Gasteiger partial charge in [-0.15, -0.1) is 0 Å². The zero-order valence-electron chi connectivity index (χ0n) is 20.6. The number of nitrogens with zero attached hydrogens (tertiary/aromatic N) is 1. The summed E-state index contributed by atoms with van der Waals surface area (Å²) in [5.74, 6) is -3.50. The van der Waals surface area contributed by atoms with Gasteiger partial charge in [-0.05, 0) is 26.9 Å². The van der Waals surface area contributed by atoms with E-state index in [1.54, 1.807) is 0 Å². The molecule has 0 rings (SSSR count). The molecule has 0 saturated carbocycles. The molecule has 1 unspecified atom stereocenters. The molecule has 0 aromatic heterocycles. The Morgan fingerprint density at radius 1 is 0.750 bits per heavy atom. The second-order valence-electron chi connectivity index (χ2n) is 8.67. The maximum Gasteiger partial charge on any atom is 0.325 e. The van der Waals surface area contributed by atoms with Crippen LogP contribution in [0.15, 0.2) is 0 Å². The summed E-state index contributed by atoms with van der Waals surface area (Å²) in [7, 11) is -0.314. The molecule has 0 spiro atoms. The first-order chi connectivity index (χ1) is 15.0. The van der Waals surface area contributed by atoms with Crippen LogP contribution in [0.25, 0.3) is 0 Å². The topological polar surface area (TPSA) is 132 Å². The standard InChI is InChI=1S/C19H41N.C4H6O7S/c1-5-7-9-11-13-15-17-19(20(3)4)18-16-14-12-10-8-6-2;5-3(6)1-2(4(7)8)12(9,10)11/h19H,5-18H2,1-4H3;2H,1H2,(H,5,6)(H,7,8)(H,9,10,11). The minimum Gasteiger partial charge on any atom is -0.481 e. The third kappa shape index (κ3) is 20.7. The Bertz CT molecular complexity index is 563. The highest BCUT2D eigenvalue weighted by atomic mass is 32.2. The molecule has 9 heteroatoms. The lowest BCUT2D eigenvalue weighted by atomic mass is 9.99. The van der Waals surface area contributed by atoms with Crippen LogP contribution in [0.2, 0.25) is 0 Å². The number of carboxylic acid groups (broad SMARTS) is 2. The van der Waals surface area contributed by atoms with Crippen molar-refractivity contribution in [3.63, 3.8) is 0 Å². The van der Waals surface area contributed by atoms with Gasteiger partial charge in [0.25, 0.3) is 10.1 Å². The highest BCUT2D eigenvalue weighted by molar-refractivity contribution is 7.87. The quantitative estimate of drug-likeness (QED) is 0.169. The van der Waals surface area contributed by atoms with Gasteiger partial charge in [-0.3, -0.25) is 14.1 Å². The van der Waals surface area contributed by atoms with E-state index in [4.69, 9.17) is 14.8 Å². The summed E-state index contributed by atoms with van der Waals surface area (Å²) >= 11 is 0. The van der Waals surface area contributed by atoms with Crippen molar-refractivity contribution in [1.82, 2.24) is 4.90 Å². The van der Waals surface area contributed by atoms with Gasteiger partial charge in [0, 0.05) is 6.04 Å². The fraction of sp³-hybridized carbons (Fsp3) is 0.913. The van der Waals surface area contributed by atoms with Crippen molar-refractivity contribution in [2.75, 3.05) is 14.1 Å². The Labute approximate surface area is 195 Å². The first-order valence-electron chi connectivity index (χ1n) is 12.0. The van der Waals surface area contributed by atoms with Crippen LogP contribution >= 0.6 is 0 Å². The van der Waals surface area contributed by atoms with Gasteiger partial charge in [0.15, 0.2) is 5.25 Å². The summed E-state index contributed by atoms with van der Waals surface area (Å²) in [6, 6.07) is 0.826. The van der Waals surface area contributed by atoms with Crippen molar-refractivity contribution in [1.29, 1.82) is 0 Å². The summed E-state index contributed by atoms with van der Waals surface area (Å²) in [4.78, 5) is 22.5. The fourth-order valence-corrected chi connectivity index (χ4v) is 4.07. The van der Waals surface area contributed by atoms with E-state index in [0.29, 0.717) is 0 Å². The molecule has 0 saturated heterocycles. The van der Waals surface area contributed by atoms with E-state index in [0.717, 1.165) is 6.04 Å². The summed E-state index contributed by atoms with van der Waals surface area (Å²) in [5.41, 5.74) is 0. The van der Waals surface area contributed by atoms with E-state index in [-0.39, 0.29) is 0 Å². The Morgan fingerprint density at radius 2 is 1.12 bits per heavy atom. The van der Waals surface area contributed by atoms with Crippen LogP contribution < -0.4 is 0 Å². The minimum absolute atomic E-state index is 0.826. The number of aliphatic carboxylic acids is 2. The predicted octanol–water partition coefficient (Wildman–Crippen LogP) is 5.22. The van der Waals surface area contributed by atoms with Crippen LogP contribution in [0.3, 0.4) is 0 Å². The molecule has 0 bridgehead atoms. The van der Waals surface area contributed by atoms with Crippen LogP contribution in [0.4, 0.5) is 0 Å². The zero-order chi connectivity index (χ0) is 25.0. The smallest absolute Gasteiger partial charge is 0.325 e. The molecule has 1 atom stereocenters. The Kier molecular flexibility index (Phi) is 21.0. The monoisotopic (exact) mass is 481 g/mol. The third-order valence-electron chi connectivity index (χ3n) is 5.51. The molecule has 0 aromatic rings. The number of hydrogen-bond acceptors (Lipinski definition) is 5. The normalized spacial score (nSPS) is 12.5. The number of carbonyl (C=O) groups is 2. The second-order valence-corrected chi connectivity index (χ2v) is 10.3. The van der Waals surface area contributed by atoms with Crippen molar-refractivity contribution < 1.29 is 32.8 Å². The first kappa shape index (κ1) is 33.0. The maximum absolute atomic E-state index is 10.2. The van der Waals surface area contributed by atoms with Crippen molar-refractivity contribution >= 4 is 22.1 Å². The Morgan fingerprint density at radius 3 is 1.38 bits per heavy atom. The van der Waals surface area contributed by atoms with Crippen LogP contribution in [0, 0.1) is 0 Å². The Hall–Kier alpha value is -1.19. The number of carboxylic acids is 2. The van der Waals surface area contributed by atoms with Crippen molar-refractivity contribution in [3.8, 4) is 0 Å². The highest BCUT2D eigenvalue weighted by Crippen LogP contribution is 2.17. The maximum atomic E-state index is 10.2. The summed E-state index contributed by atoms with van der Waals surface area (Å²) in [6.07, 6.45) is 18.8. The van der Waals surface area contributed by atoms with Gasteiger partial charge in [-0.1, -0.05) is 90.9 Å². The number of hydrogen-bond donors (Lipinski definition) is 3. The van der Waals surface area contributed by atoms with Gasteiger partial charge in [-0.25, -0.2) is 0 Å². The van der Waals surface area contributed by atoms with Crippen molar-refractivity contribution in [3.05, 3.63) is 0 Å². The van der Waals surface area contributed by atoms with Gasteiger partial charge < -0.3 is 15.1 Å². The molecule has 32 heavy (non-hydrogen) atoms. The predicted molar refractivity (Wildman–Crippen MR) is 129 cm³/mol.